The molecule has 1 fully saturated rings. The first-order valence-electron chi connectivity index (χ1n) is 6.25. The van der Waals surface area contributed by atoms with Crippen LogP contribution in [0.3, 0.4) is 0 Å². The van der Waals surface area contributed by atoms with E-state index >= 15 is 0 Å². The van der Waals surface area contributed by atoms with E-state index < -0.39 is 0 Å². The molecule has 5 nitrogen and oxygen atoms in total. The lowest BCUT2D eigenvalue weighted by Crippen LogP contribution is -2.27. The molecule has 1 saturated carbocycles. The first-order valence-corrected chi connectivity index (χ1v) is 7.04. The number of nitrogens with zero attached hydrogens (tertiary/aromatic N) is 2. The third-order valence-corrected chi connectivity index (χ3v) is 3.84. The van der Waals surface area contributed by atoms with Gasteiger partial charge in [-0.05, 0) is 48.0 Å². The molecule has 1 aliphatic rings. The highest BCUT2D eigenvalue weighted by Gasteiger charge is 2.23. The molecular weight excluding hydrogens is 298 g/mol. The molecule has 2 N–H and O–H groups in total. The Bertz CT molecular complexity index is 471. The van der Waals surface area contributed by atoms with Crippen LogP contribution in [-0.4, -0.2) is 27.5 Å². The predicted molar refractivity (Wildman–Crippen MR) is 73.7 cm³/mol. The quantitative estimate of drug-likeness (QED) is 0.836. The van der Waals surface area contributed by atoms with Gasteiger partial charge in [0.15, 0.2) is 0 Å². The normalized spacial score (nSPS) is 16.6. The van der Waals surface area contributed by atoms with Gasteiger partial charge in [0, 0.05) is 19.2 Å². The van der Waals surface area contributed by atoms with Gasteiger partial charge in [-0.3, -0.25) is 4.79 Å². The Morgan fingerprint density at radius 3 is 3.00 bits per heavy atom. The molecule has 0 spiro atoms. The van der Waals surface area contributed by atoms with Gasteiger partial charge in [-0.2, -0.15) is 5.10 Å². The van der Waals surface area contributed by atoms with Gasteiger partial charge in [0.2, 0.25) is 0 Å². The molecular formula is C12H18BrN3O2. The molecule has 2 rings (SSSR count). The fraction of sp³-hybridized carbons (Fsp3) is 0.667. The highest BCUT2D eigenvalue weighted by atomic mass is 79.9. The van der Waals surface area contributed by atoms with Crippen molar-refractivity contribution in [3.05, 3.63) is 21.0 Å². The summed E-state index contributed by atoms with van der Waals surface area (Å²) >= 11 is 3.32. The Kier molecular flexibility index (Phi) is 4.40. The molecule has 0 amide bonds. The van der Waals surface area contributed by atoms with Crippen molar-refractivity contribution in [2.45, 2.75) is 38.8 Å². The second-order valence-electron chi connectivity index (χ2n) is 4.86. The van der Waals surface area contributed by atoms with Crippen molar-refractivity contribution in [2.24, 2.45) is 5.92 Å². The molecule has 1 aromatic rings. The van der Waals surface area contributed by atoms with E-state index in [9.17, 15) is 4.79 Å². The summed E-state index contributed by atoms with van der Waals surface area (Å²) in [5.74, 6) is 0.620. The summed E-state index contributed by atoms with van der Waals surface area (Å²) in [6, 6.07) is 0.104. The van der Waals surface area contributed by atoms with Gasteiger partial charge < -0.3 is 10.4 Å². The van der Waals surface area contributed by atoms with Crippen LogP contribution < -0.4 is 10.9 Å². The summed E-state index contributed by atoms with van der Waals surface area (Å²) in [4.78, 5) is 12.1. The number of aliphatic hydroxyl groups is 1. The minimum atomic E-state index is -0.0944. The van der Waals surface area contributed by atoms with Gasteiger partial charge in [-0.15, -0.1) is 0 Å². The Balaban J connectivity index is 2.12. The minimum Gasteiger partial charge on any atom is -0.396 e. The Morgan fingerprint density at radius 2 is 2.39 bits per heavy atom. The number of rotatable bonds is 6. The SMILES string of the molecule is CC(CCO)Nc1cnn(CC2CC2)c(=O)c1Br. The molecule has 100 valence electrons. The van der Waals surface area contributed by atoms with E-state index in [0.29, 0.717) is 29.0 Å². The standard InChI is InChI=1S/C12H18BrN3O2/c1-8(4-5-17)15-10-6-14-16(7-9-2-3-9)12(18)11(10)13/h6,8-9,15,17H,2-5,7H2,1H3. The lowest BCUT2D eigenvalue weighted by molar-refractivity contribution is 0.282. The number of hydrogen-bond acceptors (Lipinski definition) is 4. The molecule has 6 heteroatoms. The van der Waals surface area contributed by atoms with Crippen molar-refractivity contribution in [1.82, 2.24) is 9.78 Å². The molecule has 1 aliphatic carbocycles. The first-order chi connectivity index (χ1) is 8.61. The second kappa shape index (κ2) is 5.84. The van der Waals surface area contributed by atoms with Gasteiger partial charge in [-0.1, -0.05) is 0 Å². The maximum absolute atomic E-state index is 12.1. The molecule has 0 saturated heterocycles. The summed E-state index contributed by atoms with van der Waals surface area (Å²) < 4.78 is 2.03. The number of aromatic nitrogens is 2. The van der Waals surface area contributed by atoms with E-state index in [1.165, 1.54) is 17.5 Å². The topological polar surface area (TPSA) is 67.2 Å². The Morgan fingerprint density at radius 1 is 1.67 bits per heavy atom. The maximum atomic E-state index is 12.1. The smallest absolute Gasteiger partial charge is 0.283 e. The minimum absolute atomic E-state index is 0.0944. The molecule has 1 aromatic heterocycles. The van der Waals surface area contributed by atoms with Gasteiger partial charge in [0.25, 0.3) is 5.56 Å². The van der Waals surface area contributed by atoms with Gasteiger partial charge >= 0.3 is 0 Å². The number of halogens is 1. The molecule has 18 heavy (non-hydrogen) atoms. The molecule has 1 heterocycles. The number of aliphatic hydroxyl groups excluding tert-OH is 1. The van der Waals surface area contributed by atoms with Crippen molar-refractivity contribution in [3.63, 3.8) is 0 Å². The van der Waals surface area contributed by atoms with Crippen LogP contribution in [0.4, 0.5) is 5.69 Å². The lowest BCUT2D eigenvalue weighted by atomic mass is 10.2. The molecule has 1 unspecified atom stereocenters. The van der Waals surface area contributed by atoms with Crippen molar-refractivity contribution < 1.29 is 5.11 Å². The van der Waals surface area contributed by atoms with Crippen molar-refractivity contribution in [3.8, 4) is 0 Å². The van der Waals surface area contributed by atoms with E-state index in [1.807, 2.05) is 6.92 Å². The zero-order chi connectivity index (χ0) is 13.1. The summed E-state index contributed by atoms with van der Waals surface area (Å²) in [6.07, 6.45) is 4.69. The van der Waals surface area contributed by atoms with E-state index in [2.05, 4.69) is 26.3 Å². The zero-order valence-corrected chi connectivity index (χ0v) is 12.0. The van der Waals surface area contributed by atoms with E-state index in [1.54, 1.807) is 6.20 Å². The second-order valence-corrected chi connectivity index (χ2v) is 5.65. The molecule has 0 radical (unpaired) electrons. The van der Waals surface area contributed by atoms with Crippen LogP contribution in [-0.2, 0) is 6.54 Å². The lowest BCUT2D eigenvalue weighted by Gasteiger charge is -2.15. The molecule has 0 aliphatic heterocycles. The van der Waals surface area contributed by atoms with Crippen LogP contribution in [0.25, 0.3) is 0 Å². The average Bonchev–Trinajstić information content (AvgIpc) is 3.13. The van der Waals surface area contributed by atoms with Crippen LogP contribution in [0, 0.1) is 5.92 Å². The van der Waals surface area contributed by atoms with Crippen LogP contribution >= 0.6 is 15.9 Å². The van der Waals surface area contributed by atoms with Crippen molar-refractivity contribution in [1.29, 1.82) is 0 Å². The van der Waals surface area contributed by atoms with E-state index in [-0.39, 0.29) is 18.2 Å². The van der Waals surface area contributed by atoms with Crippen LogP contribution in [0.5, 0.6) is 0 Å². The highest BCUT2D eigenvalue weighted by molar-refractivity contribution is 9.10. The molecule has 0 bridgehead atoms. The molecule has 0 aromatic carbocycles. The summed E-state index contributed by atoms with van der Waals surface area (Å²) in [5, 5.41) is 16.2. The van der Waals surface area contributed by atoms with E-state index in [4.69, 9.17) is 5.11 Å². The number of hydrogen-bond donors (Lipinski definition) is 2. The predicted octanol–water partition coefficient (Wildman–Crippen LogP) is 1.60. The van der Waals surface area contributed by atoms with Crippen LogP contribution in [0.15, 0.2) is 15.5 Å². The van der Waals surface area contributed by atoms with Crippen molar-refractivity contribution in [2.75, 3.05) is 11.9 Å². The number of nitrogens with one attached hydrogen (secondary N) is 1. The largest absolute Gasteiger partial charge is 0.396 e. The Hall–Kier alpha value is -0.880. The highest BCUT2D eigenvalue weighted by Crippen LogP contribution is 2.30. The maximum Gasteiger partial charge on any atom is 0.283 e. The van der Waals surface area contributed by atoms with Crippen LogP contribution in [0.2, 0.25) is 0 Å². The van der Waals surface area contributed by atoms with Gasteiger partial charge in [-0.25, -0.2) is 4.68 Å². The fourth-order valence-corrected chi connectivity index (χ4v) is 2.19. The summed E-state index contributed by atoms with van der Waals surface area (Å²) in [7, 11) is 0. The molecule has 1 atom stereocenters. The zero-order valence-electron chi connectivity index (χ0n) is 10.4. The number of anilines is 1. The third-order valence-electron chi connectivity index (χ3n) is 3.08. The first kappa shape index (κ1) is 13.5. The third kappa shape index (κ3) is 3.32. The summed E-state index contributed by atoms with van der Waals surface area (Å²) in [5.41, 5.74) is 0.594. The average molecular weight is 316 g/mol. The van der Waals surface area contributed by atoms with Gasteiger partial charge in [0.05, 0.1) is 11.9 Å². The Labute approximate surface area is 114 Å². The fourth-order valence-electron chi connectivity index (χ4n) is 1.77. The van der Waals surface area contributed by atoms with Crippen LogP contribution in [0.1, 0.15) is 26.2 Å². The van der Waals surface area contributed by atoms with Gasteiger partial charge in [0.1, 0.15) is 4.47 Å². The van der Waals surface area contributed by atoms with Crippen molar-refractivity contribution >= 4 is 21.6 Å². The summed E-state index contributed by atoms with van der Waals surface area (Å²) in [6.45, 7) is 2.79. The van der Waals surface area contributed by atoms with E-state index in [0.717, 1.165) is 0 Å². The monoisotopic (exact) mass is 315 g/mol.